The summed E-state index contributed by atoms with van der Waals surface area (Å²) in [6.07, 6.45) is 0. The van der Waals surface area contributed by atoms with Gasteiger partial charge in [0.1, 0.15) is 5.75 Å². The summed E-state index contributed by atoms with van der Waals surface area (Å²) < 4.78 is 11.7. The highest BCUT2D eigenvalue weighted by atomic mass is 28.3. The van der Waals surface area contributed by atoms with Gasteiger partial charge in [0.2, 0.25) is 0 Å². The fourth-order valence-corrected chi connectivity index (χ4v) is 3.65. The molecule has 0 bridgehead atoms. The fraction of sp³-hybridized carbons (Fsp3) is 0.0588. The second-order valence-corrected chi connectivity index (χ2v) is 6.16. The van der Waals surface area contributed by atoms with Crippen LogP contribution in [0.15, 0.2) is 72.8 Å². The van der Waals surface area contributed by atoms with Crippen molar-refractivity contribution in [1.29, 1.82) is 0 Å². The van der Waals surface area contributed by atoms with Gasteiger partial charge in [0.15, 0.2) is 0 Å². The van der Waals surface area contributed by atoms with Gasteiger partial charge < -0.3 is 8.85 Å². The summed E-state index contributed by atoms with van der Waals surface area (Å²) >= 11 is 0. The lowest BCUT2D eigenvalue weighted by atomic mass is 10.1. The monoisotopic (exact) mass is 279 g/mol. The van der Waals surface area contributed by atoms with Crippen molar-refractivity contribution in [1.82, 2.24) is 0 Å². The van der Waals surface area contributed by atoms with Gasteiger partial charge in [0, 0.05) is 12.3 Å². The minimum atomic E-state index is -1.54. The molecule has 1 radical (unpaired) electrons. The minimum Gasteiger partial charge on any atom is -0.516 e. The normalized spacial score (nSPS) is 10.9. The van der Waals surface area contributed by atoms with Gasteiger partial charge in [-0.3, -0.25) is 0 Å². The largest absolute Gasteiger partial charge is 0.516 e. The van der Waals surface area contributed by atoms with Crippen molar-refractivity contribution in [3.8, 4) is 5.75 Å². The highest BCUT2D eigenvalue weighted by Gasteiger charge is 2.22. The molecule has 3 heteroatoms. The summed E-state index contributed by atoms with van der Waals surface area (Å²) in [4.78, 5) is 0. The molecule has 0 N–H and O–H groups in total. The molecule has 3 aromatic rings. The molecule has 0 unspecified atom stereocenters. The van der Waals surface area contributed by atoms with Crippen molar-refractivity contribution in [3.63, 3.8) is 0 Å². The second kappa shape index (κ2) is 5.90. The van der Waals surface area contributed by atoms with Crippen LogP contribution in [0.1, 0.15) is 0 Å². The van der Waals surface area contributed by atoms with E-state index in [2.05, 4.69) is 30.3 Å². The first-order valence-electron chi connectivity index (χ1n) is 6.50. The summed E-state index contributed by atoms with van der Waals surface area (Å²) in [7, 11) is 0.168. The Morgan fingerprint density at radius 2 is 1.45 bits per heavy atom. The van der Waals surface area contributed by atoms with Crippen molar-refractivity contribution in [2.75, 3.05) is 7.11 Å². The van der Waals surface area contributed by atoms with Crippen LogP contribution in [0.25, 0.3) is 10.8 Å². The molecular weight excluding hydrogens is 264 g/mol. The lowest BCUT2D eigenvalue weighted by Crippen LogP contribution is -2.39. The zero-order chi connectivity index (χ0) is 13.8. The Morgan fingerprint density at radius 3 is 2.25 bits per heavy atom. The van der Waals surface area contributed by atoms with Crippen LogP contribution >= 0.6 is 0 Å². The highest BCUT2D eigenvalue weighted by Crippen LogP contribution is 2.14. The van der Waals surface area contributed by atoms with Crippen LogP contribution in [0.2, 0.25) is 0 Å². The zero-order valence-corrected chi connectivity index (χ0v) is 12.2. The third-order valence-corrected chi connectivity index (χ3v) is 4.82. The van der Waals surface area contributed by atoms with E-state index in [0.717, 1.165) is 10.9 Å². The van der Waals surface area contributed by atoms with Crippen molar-refractivity contribution >= 4 is 25.2 Å². The lowest BCUT2D eigenvalue weighted by molar-refractivity contribution is 0.349. The van der Waals surface area contributed by atoms with Crippen molar-refractivity contribution in [3.05, 3.63) is 72.8 Å². The number of para-hydroxylation sites is 1. The molecule has 0 aliphatic rings. The van der Waals surface area contributed by atoms with Crippen molar-refractivity contribution in [2.45, 2.75) is 0 Å². The number of rotatable bonds is 4. The Kier molecular flexibility index (Phi) is 3.81. The van der Waals surface area contributed by atoms with Crippen LogP contribution in [0.5, 0.6) is 5.75 Å². The van der Waals surface area contributed by atoms with Gasteiger partial charge in [-0.25, -0.2) is 0 Å². The third kappa shape index (κ3) is 2.59. The smallest absolute Gasteiger partial charge is 0.497 e. The Hall–Kier alpha value is -2.10. The Morgan fingerprint density at radius 1 is 0.750 bits per heavy atom. The minimum absolute atomic E-state index is 0.844. The first-order valence-corrected chi connectivity index (χ1v) is 7.82. The van der Waals surface area contributed by atoms with E-state index in [1.165, 1.54) is 10.8 Å². The maximum absolute atomic E-state index is 6.04. The predicted molar refractivity (Wildman–Crippen MR) is 83.4 cm³/mol. The summed E-state index contributed by atoms with van der Waals surface area (Å²) in [5, 5.41) is 3.54. The number of fused-ring (bicyclic) bond motifs is 1. The van der Waals surface area contributed by atoms with Gasteiger partial charge in [-0.1, -0.05) is 60.7 Å². The maximum Gasteiger partial charge on any atom is 0.497 e. The topological polar surface area (TPSA) is 18.5 Å². The zero-order valence-electron chi connectivity index (χ0n) is 11.2. The molecule has 0 aliphatic carbocycles. The average molecular weight is 279 g/mol. The number of benzene rings is 3. The van der Waals surface area contributed by atoms with E-state index in [0.29, 0.717) is 0 Å². The molecule has 0 saturated carbocycles. The Bertz CT molecular complexity index is 692. The molecule has 20 heavy (non-hydrogen) atoms. The molecule has 0 fully saturated rings. The van der Waals surface area contributed by atoms with Gasteiger partial charge in [-0.05, 0) is 22.9 Å². The van der Waals surface area contributed by atoms with E-state index < -0.39 is 9.28 Å². The third-order valence-electron chi connectivity index (χ3n) is 3.15. The molecule has 0 saturated heterocycles. The molecule has 0 aliphatic heterocycles. The van der Waals surface area contributed by atoms with Crippen LogP contribution in [0.4, 0.5) is 0 Å². The molecule has 3 rings (SSSR count). The molecule has 0 amide bonds. The van der Waals surface area contributed by atoms with Gasteiger partial charge >= 0.3 is 9.28 Å². The number of hydrogen-bond acceptors (Lipinski definition) is 2. The average Bonchev–Trinajstić information content (AvgIpc) is 2.53. The van der Waals surface area contributed by atoms with E-state index in [1.54, 1.807) is 7.11 Å². The van der Waals surface area contributed by atoms with Gasteiger partial charge in [0.05, 0.1) is 0 Å². The van der Waals surface area contributed by atoms with Crippen LogP contribution in [-0.4, -0.2) is 16.4 Å². The van der Waals surface area contributed by atoms with Crippen LogP contribution in [-0.2, 0) is 4.43 Å². The summed E-state index contributed by atoms with van der Waals surface area (Å²) in [5.41, 5.74) is 0. The molecule has 0 spiro atoms. The van der Waals surface area contributed by atoms with Crippen LogP contribution in [0.3, 0.4) is 0 Å². The van der Waals surface area contributed by atoms with Gasteiger partial charge in [-0.15, -0.1) is 0 Å². The highest BCUT2D eigenvalue weighted by molar-refractivity contribution is 6.65. The van der Waals surface area contributed by atoms with E-state index in [-0.39, 0.29) is 0 Å². The summed E-state index contributed by atoms with van der Waals surface area (Å²) in [5.74, 6) is 0.844. The van der Waals surface area contributed by atoms with Crippen molar-refractivity contribution in [2.24, 2.45) is 0 Å². The van der Waals surface area contributed by atoms with Crippen LogP contribution < -0.4 is 9.61 Å². The first-order chi connectivity index (χ1) is 9.88. The van der Waals surface area contributed by atoms with E-state index in [1.807, 2.05) is 42.5 Å². The predicted octanol–water partition coefficient (Wildman–Crippen LogP) is 3.26. The van der Waals surface area contributed by atoms with Gasteiger partial charge in [0.25, 0.3) is 0 Å². The number of hydrogen-bond donors (Lipinski definition) is 0. The Balaban J connectivity index is 1.99. The van der Waals surface area contributed by atoms with E-state index in [9.17, 15) is 0 Å². The SMILES string of the molecule is CO[Si](Oc1ccccc1)c1cccc2ccccc12. The maximum atomic E-state index is 6.04. The molecule has 0 aromatic heterocycles. The van der Waals surface area contributed by atoms with E-state index in [4.69, 9.17) is 8.85 Å². The van der Waals surface area contributed by atoms with Gasteiger partial charge in [-0.2, -0.15) is 0 Å². The molecule has 0 atom stereocenters. The molecule has 3 aromatic carbocycles. The molecule has 0 heterocycles. The molecular formula is C17H15O2Si. The van der Waals surface area contributed by atoms with Crippen molar-refractivity contribution < 1.29 is 8.85 Å². The van der Waals surface area contributed by atoms with E-state index >= 15 is 0 Å². The fourth-order valence-electron chi connectivity index (χ4n) is 2.21. The van der Waals surface area contributed by atoms with Crippen LogP contribution in [0, 0.1) is 0 Å². The summed E-state index contributed by atoms with van der Waals surface area (Å²) in [6, 6.07) is 24.4. The first kappa shape index (κ1) is 12.9. The Labute approximate surface area is 120 Å². The lowest BCUT2D eigenvalue weighted by Gasteiger charge is -2.15. The molecule has 2 nitrogen and oxygen atoms in total. The molecule has 99 valence electrons. The quantitative estimate of drug-likeness (QED) is 0.683. The summed E-state index contributed by atoms with van der Waals surface area (Å²) in [6.45, 7) is 0. The second-order valence-electron chi connectivity index (χ2n) is 4.43. The standard InChI is InChI=1S/C17H15O2Si/c1-18-20(19-15-10-3-2-4-11-15)17-13-7-9-14-8-5-6-12-16(14)17/h2-13H,1H3.